The number of halogens is 3. The van der Waals surface area contributed by atoms with E-state index in [0.717, 1.165) is 17.8 Å². The first-order valence-corrected chi connectivity index (χ1v) is 8.07. The van der Waals surface area contributed by atoms with Gasteiger partial charge in [-0.25, -0.2) is 8.78 Å². The van der Waals surface area contributed by atoms with Gasteiger partial charge in [-0.3, -0.25) is 4.79 Å². The molecule has 2 aromatic carbocycles. The van der Waals surface area contributed by atoms with Gasteiger partial charge in [-0.05, 0) is 30.3 Å². The standard InChI is InChI=1S/C18H14ClF2N3O/c19-13-4-5-16(12(10-13)11-22)23-6-8-24(9-7-23)18(25)17-14(20)2-1-3-15(17)21/h1-5,10H,6-9H2. The number of carbonyl (C=O) groups excluding carboxylic acids is 1. The number of anilines is 1. The maximum absolute atomic E-state index is 13.8. The Morgan fingerprint density at radius 2 is 1.72 bits per heavy atom. The zero-order chi connectivity index (χ0) is 18.0. The molecule has 7 heteroatoms. The van der Waals surface area contributed by atoms with E-state index in [0.29, 0.717) is 36.8 Å². The fourth-order valence-electron chi connectivity index (χ4n) is 2.88. The van der Waals surface area contributed by atoms with Gasteiger partial charge in [0.05, 0.1) is 11.3 Å². The van der Waals surface area contributed by atoms with E-state index in [-0.39, 0.29) is 0 Å². The van der Waals surface area contributed by atoms with Crippen molar-refractivity contribution in [3.63, 3.8) is 0 Å². The second-order valence-corrected chi connectivity index (χ2v) is 6.09. The van der Waals surface area contributed by atoms with Gasteiger partial charge in [-0.1, -0.05) is 17.7 Å². The van der Waals surface area contributed by atoms with E-state index in [4.69, 9.17) is 11.6 Å². The van der Waals surface area contributed by atoms with Crippen molar-refractivity contribution in [2.24, 2.45) is 0 Å². The van der Waals surface area contributed by atoms with Crippen LogP contribution in [0.3, 0.4) is 0 Å². The molecule has 1 aliphatic rings. The van der Waals surface area contributed by atoms with E-state index in [1.54, 1.807) is 18.2 Å². The van der Waals surface area contributed by atoms with Crippen molar-refractivity contribution < 1.29 is 13.6 Å². The lowest BCUT2D eigenvalue weighted by molar-refractivity contribution is 0.0737. The topological polar surface area (TPSA) is 47.3 Å². The maximum atomic E-state index is 13.8. The molecule has 4 nitrogen and oxygen atoms in total. The quantitative estimate of drug-likeness (QED) is 0.823. The molecule has 128 valence electrons. The van der Waals surface area contributed by atoms with Gasteiger partial charge in [0.1, 0.15) is 23.3 Å². The molecule has 2 aromatic rings. The van der Waals surface area contributed by atoms with Gasteiger partial charge < -0.3 is 9.80 Å². The summed E-state index contributed by atoms with van der Waals surface area (Å²) in [5.74, 6) is -2.39. The minimum atomic E-state index is -0.864. The lowest BCUT2D eigenvalue weighted by Crippen LogP contribution is -2.49. The zero-order valence-electron chi connectivity index (χ0n) is 13.2. The van der Waals surface area contributed by atoms with Crippen molar-refractivity contribution in [3.8, 4) is 6.07 Å². The molecule has 0 aromatic heterocycles. The summed E-state index contributed by atoms with van der Waals surface area (Å²) in [6.45, 7) is 1.52. The summed E-state index contributed by atoms with van der Waals surface area (Å²) >= 11 is 5.90. The first kappa shape index (κ1) is 17.2. The largest absolute Gasteiger partial charge is 0.367 e. The number of carbonyl (C=O) groups is 1. The van der Waals surface area contributed by atoms with E-state index in [1.807, 2.05) is 4.90 Å². The summed E-state index contributed by atoms with van der Waals surface area (Å²) in [5.41, 5.74) is 0.656. The van der Waals surface area contributed by atoms with E-state index in [2.05, 4.69) is 6.07 Å². The third-order valence-electron chi connectivity index (χ3n) is 4.16. The van der Waals surface area contributed by atoms with Crippen LogP contribution < -0.4 is 4.90 Å². The number of benzene rings is 2. The number of rotatable bonds is 2. The molecule has 25 heavy (non-hydrogen) atoms. The average molecular weight is 362 g/mol. The number of piperazine rings is 1. The summed E-state index contributed by atoms with van der Waals surface area (Å²) in [7, 11) is 0. The summed E-state index contributed by atoms with van der Waals surface area (Å²) in [6, 6.07) is 10.5. The molecule has 1 saturated heterocycles. The Kier molecular flexibility index (Phi) is 4.86. The monoisotopic (exact) mass is 361 g/mol. The van der Waals surface area contributed by atoms with Gasteiger partial charge >= 0.3 is 0 Å². The molecule has 1 aliphatic heterocycles. The predicted octanol–water partition coefficient (Wildman–Crippen LogP) is 3.45. The van der Waals surface area contributed by atoms with Crippen molar-refractivity contribution >= 4 is 23.2 Å². The lowest BCUT2D eigenvalue weighted by Gasteiger charge is -2.36. The Hall–Kier alpha value is -2.65. The van der Waals surface area contributed by atoms with Crippen LogP contribution in [0.2, 0.25) is 5.02 Å². The summed E-state index contributed by atoms with van der Waals surface area (Å²) in [6.07, 6.45) is 0. The summed E-state index contributed by atoms with van der Waals surface area (Å²) < 4.78 is 27.6. The molecule has 0 unspecified atom stereocenters. The van der Waals surface area contributed by atoms with Crippen LogP contribution >= 0.6 is 11.6 Å². The highest BCUT2D eigenvalue weighted by molar-refractivity contribution is 6.30. The molecule has 1 amide bonds. The zero-order valence-corrected chi connectivity index (χ0v) is 13.9. The van der Waals surface area contributed by atoms with E-state index in [1.165, 1.54) is 11.0 Å². The van der Waals surface area contributed by atoms with E-state index < -0.39 is 23.1 Å². The van der Waals surface area contributed by atoms with Crippen LogP contribution in [-0.4, -0.2) is 37.0 Å². The second kappa shape index (κ2) is 7.08. The number of hydrogen-bond acceptors (Lipinski definition) is 3. The van der Waals surface area contributed by atoms with Gasteiger partial charge in [-0.2, -0.15) is 5.26 Å². The summed E-state index contributed by atoms with van der Waals surface area (Å²) in [5, 5.41) is 9.72. The minimum absolute atomic E-state index is 0.306. The molecule has 0 aliphatic carbocycles. The molecule has 3 rings (SSSR count). The third kappa shape index (κ3) is 3.42. The Bertz CT molecular complexity index is 838. The normalized spacial score (nSPS) is 14.3. The van der Waals surface area contributed by atoms with E-state index in [9.17, 15) is 18.8 Å². The average Bonchev–Trinajstić information content (AvgIpc) is 2.61. The van der Waals surface area contributed by atoms with Crippen molar-refractivity contribution in [3.05, 3.63) is 64.2 Å². The molecule has 0 atom stereocenters. The maximum Gasteiger partial charge on any atom is 0.259 e. The van der Waals surface area contributed by atoms with Crippen LogP contribution in [0.5, 0.6) is 0 Å². The SMILES string of the molecule is N#Cc1cc(Cl)ccc1N1CCN(C(=O)c2c(F)cccc2F)CC1. The molecule has 1 fully saturated rings. The van der Waals surface area contributed by atoms with Gasteiger partial charge in [-0.15, -0.1) is 0 Å². The number of amides is 1. The molecule has 1 heterocycles. The predicted molar refractivity (Wildman–Crippen MR) is 90.6 cm³/mol. The van der Waals surface area contributed by atoms with Crippen molar-refractivity contribution in [2.45, 2.75) is 0 Å². The van der Waals surface area contributed by atoms with Crippen LogP contribution in [0.15, 0.2) is 36.4 Å². The van der Waals surface area contributed by atoms with Crippen LogP contribution in [0.25, 0.3) is 0 Å². The minimum Gasteiger partial charge on any atom is -0.367 e. The van der Waals surface area contributed by atoms with Crippen LogP contribution in [0, 0.1) is 23.0 Å². The fourth-order valence-corrected chi connectivity index (χ4v) is 3.06. The van der Waals surface area contributed by atoms with Gasteiger partial charge in [0, 0.05) is 31.2 Å². The van der Waals surface area contributed by atoms with Crippen LogP contribution in [-0.2, 0) is 0 Å². The Morgan fingerprint density at radius 1 is 1.08 bits per heavy atom. The second-order valence-electron chi connectivity index (χ2n) is 5.65. The van der Waals surface area contributed by atoms with Gasteiger partial charge in [0.2, 0.25) is 0 Å². The number of nitrogens with zero attached hydrogens (tertiary/aromatic N) is 3. The van der Waals surface area contributed by atoms with Crippen molar-refractivity contribution in [2.75, 3.05) is 31.1 Å². The highest BCUT2D eigenvalue weighted by Gasteiger charge is 2.27. The highest BCUT2D eigenvalue weighted by Crippen LogP contribution is 2.25. The van der Waals surface area contributed by atoms with Crippen molar-refractivity contribution in [1.29, 1.82) is 5.26 Å². The molecule has 0 radical (unpaired) electrons. The van der Waals surface area contributed by atoms with E-state index >= 15 is 0 Å². The van der Waals surface area contributed by atoms with Crippen LogP contribution in [0.1, 0.15) is 15.9 Å². The van der Waals surface area contributed by atoms with Gasteiger partial charge in [0.15, 0.2) is 0 Å². The number of hydrogen-bond donors (Lipinski definition) is 0. The third-order valence-corrected chi connectivity index (χ3v) is 4.40. The Labute approximate surface area is 148 Å². The lowest BCUT2D eigenvalue weighted by atomic mass is 10.1. The first-order chi connectivity index (χ1) is 12.0. The summed E-state index contributed by atoms with van der Waals surface area (Å²) in [4.78, 5) is 15.8. The van der Waals surface area contributed by atoms with Gasteiger partial charge in [0.25, 0.3) is 5.91 Å². The molecule has 0 saturated carbocycles. The molecular weight excluding hydrogens is 348 g/mol. The Balaban J connectivity index is 1.74. The highest BCUT2D eigenvalue weighted by atomic mass is 35.5. The Morgan fingerprint density at radius 3 is 2.32 bits per heavy atom. The first-order valence-electron chi connectivity index (χ1n) is 7.69. The molecule has 0 bridgehead atoms. The fraction of sp³-hybridized carbons (Fsp3) is 0.222. The molecular formula is C18H14ClF2N3O. The van der Waals surface area contributed by atoms with Crippen LogP contribution in [0.4, 0.5) is 14.5 Å². The number of nitriles is 1. The smallest absolute Gasteiger partial charge is 0.259 e. The molecule has 0 N–H and O–H groups in total. The van der Waals surface area contributed by atoms with Crippen molar-refractivity contribution in [1.82, 2.24) is 4.90 Å². The molecule has 0 spiro atoms.